The van der Waals surface area contributed by atoms with Gasteiger partial charge in [-0.2, -0.15) is 4.98 Å². The van der Waals surface area contributed by atoms with Gasteiger partial charge in [-0.05, 0) is 44.2 Å². The van der Waals surface area contributed by atoms with E-state index in [2.05, 4.69) is 25.4 Å². The highest BCUT2D eigenvalue weighted by Crippen LogP contribution is 2.31. The van der Waals surface area contributed by atoms with E-state index in [9.17, 15) is 4.79 Å². The molecule has 5 rings (SSSR count). The number of benzene rings is 1. The Labute approximate surface area is 169 Å². The number of hydrogen-bond donors (Lipinski definition) is 1. The first-order valence-electron chi connectivity index (χ1n) is 9.01. The predicted octanol–water partition coefficient (Wildman–Crippen LogP) is 3.54. The van der Waals surface area contributed by atoms with Gasteiger partial charge in [0.15, 0.2) is 10.8 Å². The average molecular weight is 404 g/mol. The Hall–Kier alpha value is -3.59. The van der Waals surface area contributed by atoms with Gasteiger partial charge in [-0.1, -0.05) is 12.1 Å². The smallest absolute Gasteiger partial charge is 0.291 e. The molecule has 0 aliphatic heterocycles. The third-order valence-corrected chi connectivity index (χ3v) is 5.46. The summed E-state index contributed by atoms with van der Waals surface area (Å²) in [5, 5.41) is 7.83. The van der Waals surface area contributed by atoms with Crippen LogP contribution in [0.1, 0.15) is 27.8 Å². The molecule has 9 heteroatoms. The lowest BCUT2D eigenvalue weighted by Gasteiger charge is -1.99. The third kappa shape index (κ3) is 3.25. The maximum Gasteiger partial charge on any atom is 0.291 e. The van der Waals surface area contributed by atoms with Crippen molar-refractivity contribution >= 4 is 33.2 Å². The molecule has 0 bridgehead atoms. The number of carbonyl (C=O) groups excluding carboxylic acids is 1. The van der Waals surface area contributed by atoms with Gasteiger partial charge in [0.05, 0.1) is 16.8 Å². The summed E-state index contributed by atoms with van der Waals surface area (Å²) in [7, 11) is 0. The van der Waals surface area contributed by atoms with Gasteiger partial charge in [-0.25, -0.2) is 14.5 Å². The van der Waals surface area contributed by atoms with Gasteiger partial charge in [0.1, 0.15) is 5.76 Å². The summed E-state index contributed by atoms with van der Waals surface area (Å²) < 4.78 is 8.51. The summed E-state index contributed by atoms with van der Waals surface area (Å²) in [6, 6.07) is 13.5. The van der Waals surface area contributed by atoms with Gasteiger partial charge in [-0.15, -0.1) is 16.4 Å². The molecule has 5 aromatic rings. The van der Waals surface area contributed by atoms with Crippen LogP contribution in [0, 0.1) is 13.8 Å². The molecule has 0 saturated carbocycles. The molecular weight excluding hydrogens is 388 g/mol. The molecule has 0 radical (unpaired) electrons. The molecule has 1 aromatic carbocycles. The lowest BCUT2D eigenvalue weighted by Crippen LogP contribution is -2.23. The molecule has 4 aromatic heterocycles. The summed E-state index contributed by atoms with van der Waals surface area (Å²) in [4.78, 5) is 25.5. The Kier molecular flexibility index (Phi) is 4.09. The molecule has 0 fully saturated rings. The number of furan rings is 1. The first-order valence-corrected chi connectivity index (χ1v) is 9.82. The summed E-state index contributed by atoms with van der Waals surface area (Å²) in [5.74, 6) is 1.40. The Bertz CT molecular complexity index is 1330. The zero-order chi connectivity index (χ0) is 20.0. The van der Waals surface area contributed by atoms with Crippen LogP contribution in [0.5, 0.6) is 0 Å². The molecule has 0 aliphatic carbocycles. The van der Waals surface area contributed by atoms with Gasteiger partial charge in [-0.3, -0.25) is 4.79 Å². The first-order chi connectivity index (χ1) is 14.1. The molecule has 4 heterocycles. The number of aryl methyl sites for hydroxylation is 2. The number of para-hydroxylation sites is 1. The van der Waals surface area contributed by atoms with Crippen molar-refractivity contribution in [1.82, 2.24) is 29.9 Å². The van der Waals surface area contributed by atoms with E-state index >= 15 is 0 Å². The standard InChI is InChI=1S/C20H16N6O2S/c1-11-9-12(2)26-20(22-11)24-17(25-26)18(27)21-10-13-7-8-15(28-13)19-23-14-5-3-4-6-16(14)29-19/h3-9H,10H2,1-2H3,(H,21,27). The van der Waals surface area contributed by atoms with E-state index in [0.29, 0.717) is 17.3 Å². The van der Waals surface area contributed by atoms with E-state index in [1.54, 1.807) is 15.9 Å². The fourth-order valence-corrected chi connectivity index (χ4v) is 4.00. The SMILES string of the molecule is Cc1cc(C)n2nc(C(=O)NCc3ccc(-c4nc5ccccc5s4)o3)nc2n1. The Balaban J connectivity index is 1.31. The van der Waals surface area contributed by atoms with Crippen LogP contribution < -0.4 is 5.32 Å². The van der Waals surface area contributed by atoms with Crippen molar-refractivity contribution in [3.8, 4) is 10.8 Å². The predicted molar refractivity (Wildman–Crippen MR) is 109 cm³/mol. The molecular formula is C20H16N6O2S. The maximum absolute atomic E-state index is 12.4. The zero-order valence-corrected chi connectivity index (χ0v) is 16.5. The van der Waals surface area contributed by atoms with Crippen molar-refractivity contribution in [2.75, 3.05) is 0 Å². The molecule has 0 saturated heterocycles. The summed E-state index contributed by atoms with van der Waals surface area (Å²) in [5.41, 5.74) is 2.63. The number of thiazole rings is 1. The number of rotatable bonds is 4. The summed E-state index contributed by atoms with van der Waals surface area (Å²) in [6.07, 6.45) is 0. The molecule has 29 heavy (non-hydrogen) atoms. The quantitative estimate of drug-likeness (QED) is 0.492. The molecule has 0 spiro atoms. The van der Waals surface area contributed by atoms with Gasteiger partial charge < -0.3 is 9.73 Å². The van der Waals surface area contributed by atoms with Crippen molar-refractivity contribution in [3.63, 3.8) is 0 Å². The number of aromatic nitrogens is 5. The average Bonchev–Trinajstić information content (AvgIpc) is 3.42. The Morgan fingerprint density at radius 2 is 2.00 bits per heavy atom. The van der Waals surface area contributed by atoms with Crippen LogP contribution in [0.15, 0.2) is 46.9 Å². The largest absolute Gasteiger partial charge is 0.457 e. The molecule has 0 aliphatic rings. The van der Waals surface area contributed by atoms with Crippen molar-refractivity contribution in [3.05, 3.63) is 65.4 Å². The van der Waals surface area contributed by atoms with E-state index in [4.69, 9.17) is 4.42 Å². The second-order valence-electron chi connectivity index (χ2n) is 6.62. The third-order valence-electron chi connectivity index (χ3n) is 4.41. The van der Waals surface area contributed by atoms with Gasteiger partial charge in [0, 0.05) is 11.4 Å². The van der Waals surface area contributed by atoms with Crippen LogP contribution >= 0.6 is 11.3 Å². The van der Waals surface area contributed by atoms with Gasteiger partial charge in [0.2, 0.25) is 5.82 Å². The monoisotopic (exact) mass is 404 g/mol. The Morgan fingerprint density at radius 3 is 2.86 bits per heavy atom. The van der Waals surface area contributed by atoms with Crippen LogP contribution in [-0.4, -0.2) is 30.5 Å². The van der Waals surface area contributed by atoms with Crippen LogP contribution in [-0.2, 0) is 6.54 Å². The lowest BCUT2D eigenvalue weighted by atomic mass is 10.3. The molecule has 0 atom stereocenters. The number of nitrogens with one attached hydrogen (secondary N) is 1. The van der Waals surface area contributed by atoms with Crippen LogP contribution in [0.4, 0.5) is 0 Å². The topological polar surface area (TPSA) is 98.2 Å². The van der Waals surface area contributed by atoms with Crippen LogP contribution in [0.3, 0.4) is 0 Å². The molecule has 8 nitrogen and oxygen atoms in total. The van der Waals surface area contributed by atoms with Crippen molar-refractivity contribution in [2.24, 2.45) is 0 Å². The normalized spacial score (nSPS) is 11.4. The number of nitrogens with zero attached hydrogens (tertiary/aromatic N) is 5. The van der Waals surface area contributed by atoms with Crippen molar-refractivity contribution in [2.45, 2.75) is 20.4 Å². The number of amides is 1. The highest BCUT2D eigenvalue weighted by molar-refractivity contribution is 7.21. The number of hydrogen-bond acceptors (Lipinski definition) is 7. The Morgan fingerprint density at radius 1 is 1.14 bits per heavy atom. The van der Waals surface area contributed by atoms with E-state index < -0.39 is 0 Å². The second-order valence-corrected chi connectivity index (χ2v) is 7.65. The van der Waals surface area contributed by atoms with Crippen LogP contribution in [0.2, 0.25) is 0 Å². The van der Waals surface area contributed by atoms with Gasteiger partial charge >= 0.3 is 0 Å². The number of carbonyl (C=O) groups is 1. The maximum atomic E-state index is 12.4. The fraction of sp³-hybridized carbons (Fsp3) is 0.150. The van der Waals surface area contributed by atoms with E-state index in [-0.39, 0.29) is 18.3 Å². The second kappa shape index (κ2) is 6.78. The highest BCUT2D eigenvalue weighted by Gasteiger charge is 2.16. The molecule has 144 valence electrons. The molecule has 1 amide bonds. The lowest BCUT2D eigenvalue weighted by molar-refractivity contribution is 0.0938. The highest BCUT2D eigenvalue weighted by atomic mass is 32.1. The zero-order valence-electron chi connectivity index (χ0n) is 15.7. The van der Waals surface area contributed by atoms with E-state index in [0.717, 1.165) is 26.6 Å². The molecule has 1 N–H and O–H groups in total. The minimum Gasteiger partial charge on any atom is -0.457 e. The first kappa shape index (κ1) is 17.5. The minimum absolute atomic E-state index is 0.0733. The van der Waals surface area contributed by atoms with E-state index in [1.807, 2.05) is 56.3 Å². The fourth-order valence-electron chi connectivity index (χ4n) is 3.07. The van der Waals surface area contributed by atoms with Crippen molar-refractivity contribution < 1.29 is 9.21 Å². The van der Waals surface area contributed by atoms with Crippen LogP contribution in [0.25, 0.3) is 26.8 Å². The van der Waals surface area contributed by atoms with Gasteiger partial charge in [0.25, 0.3) is 11.7 Å². The summed E-state index contributed by atoms with van der Waals surface area (Å²) in [6.45, 7) is 4.00. The summed E-state index contributed by atoms with van der Waals surface area (Å²) >= 11 is 1.57. The van der Waals surface area contributed by atoms with Crippen molar-refractivity contribution in [1.29, 1.82) is 0 Å². The molecule has 0 unspecified atom stereocenters. The van der Waals surface area contributed by atoms with E-state index in [1.165, 1.54) is 0 Å². The number of fused-ring (bicyclic) bond motifs is 2. The minimum atomic E-state index is -0.384.